The monoisotopic (exact) mass is 622 g/mol. The van der Waals surface area contributed by atoms with Crippen LogP contribution in [0.4, 0.5) is 5.69 Å². The first kappa shape index (κ1) is 33.6. The summed E-state index contributed by atoms with van der Waals surface area (Å²) in [5.74, 6) is -1.48. The van der Waals surface area contributed by atoms with Gasteiger partial charge < -0.3 is 30.0 Å². The molecule has 2 heterocycles. The van der Waals surface area contributed by atoms with Crippen LogP contribution in [0.1, 0.15) is 50.7 Å². The van der Waals surface area contributed by atoms with E-state index in [9.17, 15) is 24.8 Å². The minimum Gasteiger partial charge on any atom is -0.491 e. The number of hydrogen-bond acceptors (Lipinski definition) is 11. The van der Waals surface area contributed by atoms with Gasteiger partial charge in [-0.15, -0.1) is 0 Å². The quantitative estimate of drug-likeness (QED) is 0.171. The fourth-order valence-corrected chi connectivity index (χ4v) is 5.49. The molecule has 0 saturated carbocycles. The summed E-state index contributed by atoms with van der Waals surface area (Å²) in [6.07, 6.45) is 2.03. The van der Waals surface area contributed by atoms with Crippen LogP contribution in [0.3, 0.4) is 0 Å². The number of likely N-dealkylation sites (tertiary alicyclic amines) is 1. The Labute approximate surface area is 263 Å². The number of allylic oxidation sites excluding steroid dienone is 1. The molecular formula is C33H42N4O8. The van der Waals surface area contributed by atoms with Gasteiger partial charge in [-0.1, -0.05) is 38.1 Å². The van der Waals surface area contributed by atoms with Gasteiger partial charge in [0, 0.05) is 49.7 Å². The fraction of sp³-hybridized carbons (Fsp3) is 0.455. The number of nitro groups is 1. The van der Waals surface area contributed by atoms with E-state index in [-0.39, 0.29) is 35.6 Å². The highest BCUT2D eigenvalue weighted by Crippen LogP contribution is 2.38. The number of carbonyl (C=O) groups excluding carboxylic acids is 2. The van der Waals surface area contributed by atoms with Crippen molar-refractivity contribution in [3.63, 3.8) is 0 Å². The maximum atomic E-state index is 13.6. The third-order valence-corrected chi connectivity index (χ3v) is 7.77. The summed E-state index contributed by atoms with van der Waals surface area (Å²) in [4.78, 5) is 39.6. The third-order valence-electron chi connectivity index (χ3n) is 7.77. The van der Waals surface area contributed by atoms with Crippen molar-refractivity contribution in [3.8, 4) is 5.75 Å². The number of piperidine rings is 1. The number of carbonyl (C=O) groups is 2. The molecule has 0 aromatic heterocycles. The molecule has 0 aliphatic carbocycles. The van der Waals surface area contributed by atoms with E-state index in [1.807, 2.05) is 38.1 Å². The van der Waals surface area contributed by atoms with E-state index < -0.39 is 28.9 Å². The Balaban J connectivity index is 1.40. The molecule has 2 aliphatic heterocycles. The number of ether oxygens (including phenoxy) is 3. The fourth-order valence-electron chi connectivity index (χ4n) is 5.49. The van der Waals surface area contributed by atoms with Crippen LogP contribution in [-0.4, -0.2) is 78.5 Å². The molecule has 45 heavy (non-hydrogen) atoms. The van der Waals surface area contributed by atoms with Crippen molar-refractivity contribution >= 4 is 17.6 Å². The maximum absolute atomic E-state index is 13.6. The van der Waals surface area contributed by atoms with Crippen LogP contribution >= 0.6 is 0 Å². The molecule has 3 atom stereocenters. The average molecular weight is 623 g/mol. The molecule has 0 amide bonds. The summed E-state index contributed by atoms with van der Waals surface area (Å²) >= 11 is 0. The van der Waals surface area contributed by atoms with Gasteiger partial charge in [0.1, 0.15) is 24.6 Å². The number of hydrogen-bond donors (Lipinski definition) is 3. The van der Waals surface area contributed by atoms with E-state index in [1.54, 1.807) is 13.0 Å². The number of nitrogens with zero attached hydrogens (tertiary/aromatic N) is 2. The van der Waals surface area contributed by atoms with Crippen LogP contribution in [0.15, 0.2) is 71.6 Å². The molecule has 12 heteroatoms. The van der Waals surface area contributed by atoms with E-state index in [0.717, 1.165) is 18.5 Å². The second-order valence-electron chi connectivity index (χ2n) is 11.6. The van der Waals surface area contributed by atoms with E-state index in [1.165, 1.54) is 31.5 Å². The lowest BCUT2D eigenvalue weighted by atomic mass is 9.82. The zero-order valence-electron chi connectivity index (χ0n) is 26.2. The molecule has 1 saturated heterocycles. The summed E-state index contributed by atoms with van der Waals surface area (Å²) < 4.78 is 16.7. The standard InChI is InChI=1S/C33H42N4O8/c1-21(2)34-16-26(38)20-44-27-12-10-23(11-13-27)18-36-14-6-9-28(19-36)45-32(39)29-17-35-22(3)30(33(40)43-4)31(29)24-7-5-8-25(15-24)37(41)42/h5,7-8,10-13,15,17,21,26,28,31,34-35,38H,6,9,14,16,18-20H2,1-4H3. The largest absolute Gasteiger partial charge is 0.491 e. The molecule has 2 aromatic rings. The van der Waals surface area contributed by atoms with Crippen LogP contribution < -0.4 is 15.4 Å². The first-order chi connectivity index (χ1) is 21.5. The Morgan fingerprint density at radius 3 is 2.62 bits per heavy atom. The number of aliphatic hydroxyl groups is 1. The molecular weight excluding hydrogens is 580 g/mol. The first-order valence-corrected chi connectivity index (χ1v) is 15.1. The number of benzene rings is 2. The molecule has 3 N–H and O–H groups in total. The average Bonchev–Trinajstić information content (AvgIpc) is 3.03. The molecule has 242 valence electrons. The second kappa shape index (κ2) is 15.6. The molecule has 0 spiro atoms. The number of nitro benzene ring substituents is 1. The van der Waals surface area contributed by atoms with E-state index >= 15 is 0 Å². The molecule has 0 bridgehead atoms. The number of esters is 2. The van der Waals surface area contributed by atoms with Crippen molar-refractivity contribution in [3.05, 3.63) is 92.8 Å². The van der Waals surface area contributed by atoms with Crippen molar-refractivity contribution in [2.45, 2.75) is 64.3 Å². The summed E-state index contributed by atoms with van der Waals surface area (Å²) in [6.45, 7) is 8.41. The molecule has 2 aromatic carbocycles. The Morgan fingerprint density at radius 1 is 1.18 bits per heavy atom. The number of methoxy groups -OCH3 is 1. The highest BCUT2D eigenvalue weighted by atomic mass is 16.6. The van der Waals surface area contributed by atoms with Crippen molar-refractivity contribution in [2.24, 2.45) is 0 Å². The van der Waals surface area contributed by atoms with Crippen LogP contribution in [-0.2, 0) is 25.6 Å². The zero-order valence-corrected chi connectivity index (χ0v) is 26.2. The Morgan fingerprint density at radius 2 is 1.93 bits per heavy atom. The highest BCUT2D eigenvalue weighted by molar-refractivity contribution is 5.99. The lowest BCUT2D eigenvalue weighted by molar-refractivity contribution is -0.384. The normalized spacial score (nSPS) is 19.4. The number of dihydropyridines is 1. The third kappa shape index (κ3) is 9.13. The van der Waals surface area contributed by atoms with Gasteiger partial charge in [0.15, 0.2) is 0 Å². The summed E-state index contributed by atoms with van der Waals surface area (Å²) in [5, 5.41) is 27.7. The highest BCUT2D eigenvalue weighted by Gasteiger charge is 2.37. The smallest absolute Gasteiger partial charge is 0.336 e. The van der Waals surface area contributed by atoms with Gasteiger partial charge in [-0.2, -0.15) is 0 Å². The minimum absolute atomic E-state index is 0.153. The van der Waals surface area contributed by atoms with Crippen LogP contribution in [0.25, 0.3) is 0 Å². The van der Waals surface area contributed by atoms with Crippen LogP contribution in [0.2, 0.25) is 0 Å². The van der Waals surface area contributed by atoms with Gasteiger partial charge in [-0.25, -0.2) is 9.59 Å². The summed E-state index contributed by atoms with van der Waals surface area (Å²) in [7, 11) is 1.25. The van der Waals surface area contributed by atoms with Gasteiger partial charge in [0.05, 0.1) is 29.1 Å². The molecule has 1 fully saturated rings. The van der Waals surface area contributed by atoms with E-state index in [0.29, 0.717) is 43.1 Å². The van der Waals surface area contributed by atoms with Gasteiger partial charge in [0.25, 0.3) is 5.69 Å². The van der Waals surface area contributed by atoms with Crippen LogP contribution in [0.5, 0.6) is 5.75 Å². The van der Waals surface area contributed by atoms with Crippen molar-refractivity contribution in [1.82, 2.24) is 15.5 Å². The molecule has 4 rings (SSSR count). The SMILES string of the molecule is COC(=O)C1=C(C)NC=C(C(=O)OC2CCCN(Cc3ccc(OCC(O)CNC(C)C)cc3)C2)C1c1cccc([N+](=O)[O-])c1. The first-order valence-electron chi connectivity index (χ1n) is 15.1. The van der Waals surface area contributed by atoms with Gasteiger partial charge in [-0.3, -0.25) is 15.0 Å². The summed E-state index contributed by atoms with van der Waals surface area (Å²) in [6, 6.07) is 13.9. The van der Waals surface area contributed by atoms with E-state index in [2.05, 4.69) is 15.5 Å². The minimum atomic E-state index is -0.904. The Hall–Kier alpha value is -4.26. The number of aliphatic hydroxyl groups excluding tert-OH is 1. The molecule has 2 aliphatic rings. The number of nitrogens with one attached hydrogen (secondary N) is 2. The zero-order chi connectivity index (χ0) is 32.5. The topological polar surface area (TPSA) is 152 Å². The van der Waals surface area contributed by atoms with Crippen LogP contribution in [0, 0.1) is 10.1 Å². The molecule has 12 nitrogen and oxygen atoms in total. The predicted octanol–water partition coefficient (Wildman–Crippen LogP) is 3.56. The predicted molar refractivity (Wildman–Crippen MR) is 167 cm³/mol. The van der Waals surface area contributed by atoms with E-state index in [4.69, 9.17) is 14.2 Å². The Bertz CT molecular complexity index is 1420. The van der Waals surface area contributed by atoms with Gasteiger partial charge >= 0.3 is 11.9 Å². The molecule has 3 unspecified atom stereocenters. The number of rotatable bonds is 13. The van der Waals surface area contributed by atoms with Gasteiger partial charge in [-0.05, 0) is 49.6 Å². The van der Waals surface area contributed by atoms with Crippen molar-refractivity contribution in [1.29, 1.82) is 0 Å². The lowest BCUT2D eigenvalue weighted by Gasteiger charge is -2.33. The van der Waals surface area contributed by atoms with Gasteiger partial charge in [0.2, 0.25) is 0 Å². The van der Waals surface area contributed by atoms with Crippen molar-refractivity contribution < 1.29 is 33.8 Å². The lowest BCUT2D eigenvalue weighted by Crippen LogP contribution is -2.41. The number of non-ortho nitro benzene ring substituents is 1. The molecule has 0 radical (unpaired) electrons. The summed E-state index contributed by atoms with van der Waals surface area (Å²) in [5.41, 5.74) is 2.16. The Kier molecular flexibility index (Phi) is 11.7. The van der Waals surface area contributed by atoms with Crippen molar-refractivity contribution in [2.75, 3.05) is 33.4 Å². The second-order valence-corrected chi connectivity index (χ2v) is 11.6. The maximum Gasteiger partial charge on any atom is 0.336 e.